The first-order valence-electron chi connectivity index (χ1n) is 9.77. The number of carbonyl (C=O) groups excluding carboxylic acids is 1. The molecule has 3 rings (SSSR count). The predicted octanol–water partition coefficient (Wildman–Crippen LogP) is 3.47. The minimum atomic E-state index is 0.0686. The van der Waals surface area contributed by atoms with Crippen LogP contribution in [0.4, 0.5) is 17.5 Å². The highest BCUT2D eigenvalue weighted by molar-refractivity contribution is 5.75. The maximum Gasteiger partial charge on any atom is 0.220 e. The normalized spacial score (nSPS) is 10.4. The standard InChI is InChI=1S/C22H26N6O/c1-17-26-20(16-21(27-17)28-19-11-5-6-13-23-19)24-14-15-25-22(29)12-7-10-18-8-3-2-4-9-18/h2-6,8-9,11,13,16H,7,10,12,14-15H2,1H3,(H,25,29)(H2,23,24,26,27,28). The van der Waals surface area contributed by atoms with E-state index in [0.717, 1.165) is 18.7 Å². The van der Waals surface area contributed by atoms with Crippen LogP contribution in [0.3, 0.4) is 0 Å². The zero-order valence-electron chi connectivity index (χ0n) is 16.6. The number of rotatable bonds is 10. The van der Waals surface area contributed by atoms with E-state index >= 15 is 0 Å². The van der Waals surface area contributed by atoms with Crippen molar-refractivity contribution in [2.75, 3.05) is 23.7 Å². The van der Waals surface area contributed by atoms with Gasteiger partial charge in [0.1, 0.15) is 23.3 Å². The van der Waals surface area contributed by atoms with E-state index in [-0.39, 0.29) is 5.91 Å². The molecule has 0 fully saturated rings. The average molecular weight is 390 g/mol. The number of benzene rings is 1. The third-order valence-corrected chi connectivity index (χ3v) is 4.22. The van der Waals surface area contributed by atoms with Crippen molar-refractivity contribution in [3.8, 4) is 0 Å². The Balaban J connectivity index is 1.38. The van der Waals surface area contributed by atoms with Crippen LogP contribution in [0.15, 0.2) is 60.8 Å². The lowest BCUT2D eigenvalue weighted by molar-refractivity contribution is -0.121. The summed E-state index contributed by atoms with van der Waals surface area (Å²) in [4.78, 5) is 25.0. The summed E-state index contributed by atoms with van der Waals surface area (Å²) in [7, 11) is 0. The van der Waals surface area contributed by atoms with Crippen molar-refractivity contribution < 1.29 is 4.79 Å². The molecule has 0 radical (unpaired) electrons. The van der Waals surface area contributed by atoms with Gasteiger partial charge in [-0.15, -0.1) is 0 Å². The summed E-state index contributed by atoms with van der Waals surface area (Å²) in [5.41, 5.74) is 1.26. The van der Waals surface area contributed by atoms with Gasteiger partial charge in [0.05, 0.1) is 0 Å². The second-order valence-corrected chi connectivity index (χ2v) is 6.64. The maximum absolute atomic E-state index is 12.0. The second kappa shape index (κ2) is 10.8. The summed E-state index contributed by atoms with van der Waals surface area (Å²) in [6.07, 6.45) is 4.01. The number of pyridine rings is 1. The number of aromatic nitrogens is 3. The fourth-order valence-electron chi connectivity index (χ4n) is 2.87. The van der Waals surface area contributed by atoms with Gasteiger partial charge >= 0.3 is 0 Å². The van der Waals surface area contributed by atoms with Gasteiger partial charge in [-0.2, -0.15) is 0 Å². The lowest BCUT2D eigenvalue weighted by Gasteiger charge is -2.10. The smallest absolute Gasteiger partial charge is 0.220 e. The van der Waals surface area contributed by atoms with Crippen molar-refractivity contribution in [2.24, 2.45) is 0 Å². The fraction of sp³-hybridized carbons (Fsp3) is 0.273. The Hall–Kier alpha value is -3.48. The zero-order chi connectivity index (χ0) is 20.3. The van der Waals surface area contributed by atoms with Crippen molar-refractivity contribution >= 4 is 23.4 Å². The van der Waals surface area contributed by atoms with Gasteiger partial charge < -0.3 is 16.0 Å². The highest BCUT2D eigenvalue weighted by atomic mass is 16.1. The van der Waals surface area contributed by atoms with Crippen LogP contribution in [0, 0.1) is 6.92 Å². The molecule has 0 aliphatic heterocycles. The van der Waals surface area contributed by atoms with Crippen molar-refractivity contribution in [1.82, 2.24) is 20.3 Å². The van der Waals surface area contributed by atoms with E-state index < -0.39 is 0 Å². The van der Waals surface area contributed by atoms with Crippen molar-refractivity contribution in [1.29, 1.82) is 0 Å². The third kappa shape index (κ3) is 7.21. The van der Waals surface area contributed by atoms with Crippen LogP contribution in [0.1, 0.15) is 24.2 Å². The Labute approximate surface area is 171 Å². The summed E-state index contributed by atoms with van der Waals surface area (Å²) in [5.74, 6) is 2.81. The number of anilines is 3. The van der Waals surface area contributed by atoms with Gasteiger partial charge in [0.15, 0.2) is 0 Å². The molecule has 1 aromatic carbocycles. The molecule has 3 aromatic rings. The Kier molecular flexibility index (Phi) is 7.51. The number of carbonyl (C=O) groups is 1. The monoisotopic (exact) mass is 390 g/mol. The molecular formula is C22H26N6O. The average Bonchev–Trinajstić information content (AvgIpc) is 2.72. The molecule has 0 aliphatic rings. The number of hydrogen-bond donors (Lipinski definition) is 3. The molecular weight excluding hydrogens is 364 g/mol. The van der Waals surface area contributed by atoms with E-state index in [2.05, 4.69) is 43.0 Å². The second-order valence-electron chi connectivity index (χ2n) is 6.64. The quantitative estimate of drug-likeness (QED) is 0.459. The van der Waals surface area contributed by atoms with E-state index in [4.69, 9.17) is 0 Å². The molecule has 0 atom stereocenters. The van der Waals surface area contributed by atoms with Crippen molar-refractivity contribution in [2.45, 2.75) is 26.2 Å². The molecule has 150 valence electrons. The van der Waals surface area contributed by atoms with E-state index in [1.807, 2.05) is 49.4 Å². The Morgan fingerprint density at radius 1 is 0.931 bits per heavy atom. The molecule has 0 bridgehead atoms. The van der Waals surface area contributed by atoms with E-state index in [1.54, 1.807) is 6.20 Å². The molecule has 29 heavy (non-hydrogen) atoms. The Morgan fingerprint density at radius 3 is 2.52 bits per heavy atom. The van der Waals surface area contributed by atoms with E-state index in [0.29, 0.717) is 37.0 Å². The van der Waals surface area contributed by atoms with E-state index in [9.17, 15) is 4.79 Å². The highest BCUT2D eigenvalue weighted by Gasteiger charge is 2.04. The lowest BCUT2D eigenvalue weighted by atomic mass is 10.1. The Morgan fingerprint density at radius 2 is 1.72 bits per heavy atom. The summed E-state index contributed by atoms with van der Waals surface area (Å²) >= 11 is 0. The van der Waals surface area contributed by atoms with Crippen LogP contribution < -0.4 is 16.0 Å². The molecule has 0 spiro atoms. The maximum atomic E-state index is 12.0. The first-order valence-corrected chi connectivity index (χ1v) is 9.77. The van der Waals surface area contributed by atoms with Crippen LogP contribution in [0.25, 0.3) is 0 Å². The first kappa shape index (κ1) is 20.3. The molecule has 1 amide bonds. The SMILES string of the molecule is Cc1nc(NCCNC(=O)CCCc2ccccc2)cc(Nc2ccccn2)n1. The molecule has 0 saturated carbocycles. The molecule has 7 nitrogen and oxygen atoms in total. The first-order chi connectivity index (χ1) is 14.2. The van der Waals surface area contributed by atoms with Gasteiger partial charge in [0, 0.05) is 31.8 Å². The lowest BCUT2D eigenvalue weighted by Crippen LogP contribution is -2.28. The number of nitrogens with zero attached hydrogens (tertiary/aromatic N) is 3. The summed E-state index contributed by atoms with van der Waals surface area (Å²) in [5, 5.41) is 9.32. The van der Waals surface area contributed by atoms with Gasteiger partial charge in [-0.25, -0.2) is 15.0 Å². The van der Waals surface area contributed by atoms with Gasteiger partial charge in [-0.05, 0) is 37.5 Å². The van der Waals surface area contributed by atoms with Crippen molar-refractivity contribution in [3.05, 3.63) is 72.2 Å². The summed E-state index contributed by atoms with van der Waals surface area (Å²) in [6, 6.07) is 17.7. The van der Waals surface area contributed by atoms with Crippen LogP contribution in [-0.2, 0) is 11.2 Å². The summed E-state index contributed by atoms with van der Waals surface area (Å²) < 4.78 is 0. The number of aryl methyl sites for hydroxylation is 2. The topological polar surface area (TPSA) is 91.8 Å². The van der Waals surface area contributed by atoms with Crippen LogP contribution in [0.2, 0.25) is 0 Å². The molecule has 2 heterocycles. The number of nitrogens with one attached hydrogen (secondary N) is 3. The molecule has 0 aliphatic carbocycles. The van der Waals surface area contributed by atoms with Gasteiger partial charge in [0.2, 0.25) is 5.91 Å². The minimum Gasteiger partial charge on any atom is -0.368 e. The van der Waals surface area contributed by atoms with Gasteiger partial charge in [-0.3, -0.25) is 4.79 Å². The number of amides is 1. The molecule has 0 saturated heterocycles. The Bertz CT molecular complexity index is 902. The van der Waals surface area contributed by atoms with Gasteiger partial charge in [0.25, 0.3) is 0 Å². The molecule has 3 N–H and O–H groups in total. The van der Waals surface area contributed by atoms with Gasteiger partial charge in [-0.1, -0.05) is 36.4 Å². The van der Waals surface area contributed by atoms with E-state index in [1.165, 1.54) is 5.56 Å². The molecule has 7 heteroatoms. The largest absolute Gasteiger partial charge is 0.368 e. The fourth-order valence-corrected chi connectivity index (χ4v) is 2.87. The van der Waals surface area contributed by atoms with Crippen molar-refractivity contribution in [3.63, 3.8) is 0 Å². The third-order valence-electron chi connectivity index (χ3n) is 4.22. The predicted molar refractivity (Wildman–Crippen MR) is 115 cm³/mol. The van der Waals surface area contributed by atoms with Crippen LogP contribution in [0.5, 0.6) is 0 Å². The highest BCUT2D eigenvalue weighted by Crippen LogP contribution is 2.15. The zero-order valence-corrected chi connectivity index (χ0v) is 16.6. The minimum absolute atomic E-state index is 0.0686. The summed E-state index contributed by atoms with van der Waals surface area (Å²) in [6.45, 7) is 2.96. The number of hydrogen-bond acceptors (Lipinski definition) is 6. The molecule has 2 aromatic heterocycles. The van der Waals surface area contributed by atoms with Crippen LogP contribution in [-0.4, -0.2) is 33.9 Å². The molecule has 0 unspecified atom stereocenters. The van der Waals surface area contributed by atoms with Crippen LogP contribution >= 0.6 is 0 Å².